The Kier molecular flexibility index (Phi) is 2.71. The second-order valence-electron chi connectivity index (χ2n) is 6.22. The molecular formula is C17H14F2N2O. The van der Waals surface area contributed by atoms with Crippen molar-refractivity contribution in [2.75, 3.05) is 0 Å². The third-order valence-corrected chi connectivity index (χ3v) is 4.80. The Morgan fingerprint density at radius 1 is 0.818 bits per heavy atom. The molecule has 0 aliphatic heterocycles. The normalized spacial score (nSPS) is 20.5. The van der Waals surface area contributed by atoms with Crippen LogP contribution in [-0.2, 0) is 15.6 Å². The molecule has 5 heteroatoms. The van der Waals surface area contributed by atoms with E-state index in [2.05, 4.69) is 9.97 Å². The molecule has 0 bridgehead atoms. The maximum atomic E-state index is 13.1. The Morgan fingerprint density at radius 2 is 1.23 bits per heavy atom. The SMILES string of the molecule is O=C(C1(c2ccc(F)cn2)CC1)C1(c2ccc(F)cn2)CC1. The molecule has 2 heterocycles. The minimum atomic E-state index is -0.611. The predicted molar refractivity (Wildman–Crippen MR) is 75.2 cm³/mol. The second kappa shape index (κ2) is 4.41. The van der Waals surface area contributed by atoms with E-state index in [1.807, 2.05) is 0 Å². The monoisotopic (exact) mass is 300 g/mol. The lowest BCUT2D eigenvalue weighted by atomic mass is 9.82. The molecule has 2 aromatic rings. The number of carbonyl (C=O) groups excluding carboxylic acids is 1. The van der Waals surface area contributed by atoms with Crippen LogP contribution in [0.3, 0.4) is 0 Å². The molecule has 2 fully saturated rings. The number of aromatic nitrogens is 2. The largest absolute Gasteiger partial charge is 0.298 e. The van der Waals surface area contributed by atoms with Crippen molar-refractivity contribution in [2.45, 2.75) is 36.5 Å². The molecule has 0 N–H and O–H groups in total. The third-order valence-electron chi connectivity index (χ3n) is 4.80. The number of carbonyl (C=O) groups is 1. The van der Waals surface area contributed by atoms with E-state index in [1.165, 1.54) is 12.1 Å². The first kappa shape index (κ1) is 13.5. The van der Waals surface area contributed by atoms with Crippen molar-refractivity contribution in [1.82, 2.24) is 9.97 Å². The second-order valence-corrected chi connectivity index (χ2v) is 6.22. The van der Waals surface area contributed by atoms with Crippen LogP contribution in [0.4, 0.5) is 8.78 Å². The van der Waals surface area contributed by atoms with Crippen molar-refractivity contribution in [3.63, 3.8) is 0 Å². The van der Waals surface area contributed by atoms with E-state index < -0.39 is 22.5 Å². The molecule has 0 unspecified atom stereocenters. The van der Waals surface area contributed by atoms with Crippen LogP contribution in [0.1, 0.15) is 37.1 Å². The Hall–Kier alpha value is -2.17. The summed E-state index contributed by atoms with van der Waals surface area (Å²) in [5, 5.41) is 0. The van der Waals surface area contributed by atoms with Crippen molar-refractivity contribution in [2.24, 2.45) is 0 Å². The molecule has 4 rings (SSSR count). The maximum Gasteiger partial charge on any atom is 0.157 e. The van der Waals surface area contributed by atoms with Crippen molar-refractivity contribution >= 4 is 5.78 Å². The van der Waals surface area contributed by atoms with Crippen LogP contribution in [0.2, 0.25) is 0 Å². The first-order chi connectivity index (χ1) is 10.6. The van der Waals surface area contributed by atoms with Gasteiger partial charge in [0.25, 0.3) is 0 Å². The van der Waals surface area contributed by atoms with Gasteiger partial charge in [0.05, 0.1) is 34.6 Å². The zero-order valence-corrected chi connectivity index (χ0v) is 11.9. The van der Waals surface area contributed by atoms with Gasteiger partial charge in [0.2, 0.25) is 0 Å². The lowest BCUT2D eigenvalue weighted by Gasteiger charge is -2.21. The van der Waals surface area contributed by atoms with Gasteiger partial charge in [-0.25, -0.2) is 8.78 Å². The van der Waals surface area contributed by atoms with Gasteiger partial charge in [-0.3, -0.25) is 14.8 Å². The lowest BCUT2D eigenvalue weighted by molar-refractivity contribution is -0.124. The molecule has 0 radical (unpaired) electrons. The van der Waals surface area contributed by atoms with E-state index in [-0.39, 0.29) is 5.78 Å². The summed E-state index contributed by atoms with van der Waals surface area (Å²) in [4.78, 5) is 21.3. The van der Waals surface area contributed by atoms with Crippen molar-refractivity contribution in [3.05, 3.63) is 59.7 Å². The molecule has 0 spiro atoms. The van der Waals surface area contributed by atoms with Gasteiger partial charge in [-0.2, -0.15) is 0 Å². The zero-order valence-electron chi connectivity index (χ0n) is 11.9. The minimum absolute atomic E-state index is 0.0956. The quantitative estimate of drug-likeness (QED) is 0.871. The number of ketones is 1. The van der Waals surface area contributed by atoms with Crippen molar-refractivity contribution in [1.29, 1.82) is 0 Å². The molecule has 2 saturated carbocycles. The average Bonchev–Trinajstić information content (AvgIpc) is 3.42. The number of pyridine rings is 2. The Morgan fingerprint density at radius 3 is 1.50 bits per heavy atom. The molecule has 0 aromatic carbocycles. The van der Waals surface area contributed by atoms with Gasteiger partial charge in [0.15, 0.2) is 5.78 Å². The molecule has 22 heavy (non-hydrogen) atoms. The van der Waals surface area contributed by atoms with Crippen LogP contribution < -0.4 is 0 Å². The predicted octanol–water partition coefficient (Wildman–Crippen LogP) is 3.09. The Balaban J connectivity index is 1.69. The van der Waals surface area contributed by atoms with Crippen LogP contribution in [-0.4, -0.2) is 15.8 Å². The highest BCUT2D eigenvalue weighted by molar-refractivity contribution is 6.02. The number of Topliss-reactive ketones (excluding diaryl/α,β-unsaturated/α-hetero) is 1. The summed E-state index contributed by atoms with van der Waals surface area (Å²) in [5.41, 5.74) is 0.0418. The molecule has 0 saturated heterocycles. The van der Waals surface area contributed by atoms with E-state index in [0.717, 1.165) is 38.1 Å². The smallest absolute Gasteiger partial charge is 0.157 e. The van der Waals surface area contributed by atoms with Gasteiger partial charge in [0, 0.05) is 0 Å². The average molecular weight is 300 g/mol. The molecule has 2 aromatic heterocycles. The zero-order chi connectivity index (χ0) is 15.4. The fourth-order valence-corrected chi connectivity index (χ4v) is 3.22. The first-order valence-electron chi connectivity index (χ1n) is 7.36. The van der Waals surface area contributed by atoms with Crippen LogP contribution >= 0.6 is 0 Å². The molecule has 0 amide bonds. The van der Waals surface area contributed by atoms with E-state index in [4.69, 9.17) is 0 Å². The van der Waals surface area contributed by atoms with Crippen molar-refractivity contribution in [3.8, 4) is 0 Å². The van der Waals surface area contributed by atoms with Gasteiger partial charge in [-0.05, 0) is 49.9 Å². The van der Waals surface area contributed by atoms with Crippen LogP contribution in [0, 0.1) is 11.6 Å². The molecule has 0 atom stereocenters. The summed E-state index contributed by atoms with van der Waals surface area (Å²) in [6.07, 6.45) is 5.22. The summed E-state index contributed by atoms with van der Waals surface area (Å²) >= 11 is 0. The van der Waals surface area contributed by atoms with Gasteiger partial charge in [-0.15, -0.1) is 0 Å². The van der Waals surface area contributed by atoms with Crippen LogP contribution in [0.25, 0.3) is 0 Å². The van der Waals surface area contributed by atoms with E-state index in [0.29, 0.717) is 11.4 Å². The fourth-order valence-electron chi connectivity index (χ4n) is 3.22. The molecule has 2 aliphatic rings. The maximum absolute atomic E-state index is 13.1. The highest BCUT2D eigenvalue weighted by Gasteiger charge is 2.64. The van der Waals surface area contributed by atoms with E-state index in [1.54, 1.807) is 12.1 Å². The van der Waals surface area contributed by atoms with Crippen molar-refractivity contribution < 1.29 is 13.6 Å². The van der Waals surface area contributed by atoms with Gasteiger partial charge < -0.3 is 0 Å². The highest BCUT2D eigenvalue weighted by Crippen LogP contribution is 2.59. The summed E-state index contributed by atoms with van der Waals surface area (Å²) in [7, 11) is 0. The minimum Gasteiger partial charge on any atom is -0.298 e. The van der Waals surface area contributed by atoms with Gasteiger partial charge in [0.1, 0.15) is 11.6 Å². The number of hydrogen-bond acceptors (Lipinski definition) is 3. The fraction of sp³-hybridized carbons (Fsp3) is 0.353. The van der Waals surface area contributed by atoms with Gasteiger partial charge in [-0.1, -0.05) is 0 Å². The summed E-state index contributed by atoms with van der Waals surface area (Å²) in [6.45, 7) is 0. The number of hydrogen-bond donors (Lipinski definition) is 0. The topological polar surface area (TPSA) is 42.9 Å². The number of nitrogens with zero attached hydrogens (tertiary/aromatic N) is 2. The lowest BCUT2D eigenvalue weighted by Crippen LogP contribution is -2.33. The van der Waals surface area contributed by atoms with E-state index in [9.17, 15) is 13.6 Å². The molecule has 3 nitrogen and oxygen atoms in total. The highest BCUT2D eigenvalue weighted by atomic mass is 19.1. The Bertz CT molecular complexity index is 669. The molecular weight excluding hydrogens is 286 g/mol. The van der Waals surface area contributed by atoms with Crippen LogP contribution in [0.15, 0.2) is 36.7 Å². The first-order valence-corrected chi connectivity index (χ1v) is 7.36. The number of halogens is 2. The summed E-state index contributed by atoms with van der Waals surface area (Å²) < 4.78 is 26.1. The van der Waals surface area contributed by atoms with Gasteiger partial charge >= 0.3 is 0 Å². The third kappa shape index (κ3) is 1.88. The summed E-state index contributed by atoms with van der Waals surface area (Å²) in [6, 6.07) is 5.86. The van der Waals surface area contributed by atoms with Crippen LogP contribution in [0.5, 0.6) is 0 Å². The summed E-state index contributed by atoms with van der Waals surface area (Å²) in [5.74, 6) is -0.722. The number of rotatable bonds is 4. The standard InChI is InChI=1S/C17H14F2N2O/c18-11-1-3-13(20-9-11)16(5-6-16)15(22)17(7-8-17)14-4-2-12(19)10-21-14/h1-4,9-10H,5-8H2. The molecule has 2 aliphatic carbocycles. The van der Waals surface area contributed by atoms with E-state index >= 15 is 0 Å². The molecule has 112 valence electrons. The Labute approximate surface area is 126 Å².